The molecule has 37 heavy (non-hydrogen) atoms. The highest BCUT2D eigenvalue weighted by Crippen LogP contribution is 2.33. The Morgan fingerprint density at radius 2 is 1.92 bits per heavy atom. The van der Waals surface area contributed by atoms with Crippen LogP contribution < -0.4 is 10.2 Å². The number of benzene rings is 1. The predicted molar refractivity (Wildman–Crippen MR) is 139 cm³/mol. The molecule has 1 aromatic carbocycles. The number of carbonyl (C=O) groups excluding carboxylic acids is 3. The van der Waals surface area contributed by atoms with E-state index < -0.39 is 28.1 Å². The molecule has 2 amide bonds. The lowest BCUT2D eigenvalue weighted by Crippen LogP contribution is -2.52. The van der Waals surface area contributed by atoms with Crippen molar-refractivity contribution in [2.24, 2.45) is 0 Å². The van der Waals surface area contributed by atoms with Gasteiger partial charge in [-0.2, -0.15) is 4.31 Å². The number of carbonyl (C=O) groups is 3. The largest absolute Gasteiger partial charge is 0.378 e. The second kappa shape index (κ2) is 11.0. The maximum Gasteiger partial charge on any atom is 0.251 e. The first-order valence-electron chi connectivity index (χ1n) is 12.4. The fourth-order valence-corrected chi connectivity index (χ4v) is 6.77. The average Bonchev–Trinajstić information content (AvgIpc) is 3.45. The van der Waals surface area contributed by atoms with Gasteiger partial charge < -0.3 is 15.1 Å². The molecule has 1 N–H and O–H groups in total. The molecule has 3 atom stereocenters. The van der Waals surface area contributed by atoms with Gasteiger partial charge in [-0.1, -0.05) is 19.4 Å². The lowest BCUT2D eigenvalue weighted by molar-refractivity contribution is -0.138. The van der Waals surface area contributed by atoms with Crippen LogP contribution in [-0.2, 0) is 25.4 Å². The molecule has 2 aliphatic heterocycles. The molecule has 0 spiro atoms. The zero-order chi connectivity index (χ0) is 26.7. The van der Waals surface area contributed by atoms with E-state index in [-0.39, 0.29) is 36.4 Å². The first-order chi connectivity index (χ1) is 17.6. The van der Waals surface area contributed by atoms with Crippen molar-refractivity contribution in [3.8, 4) is 0 Å². The van der Waals surface area contributed by atoms with Crippen LogP contribution in [0.3, 0.4) is 0 Å². The Morgan fingerprint density at radius 1 is 1.19 bits per heavy atom. The number of nitrogens with one attached hydrogen (secondary N) is 1. The number of pyridine rings is 1. The van der Waals surface area contributed by atoms with Crippen LogP contribution in [0.15, 0.2) is 48.8 Å². The molecule has 0 saturated carbocycles. The monoisotopic (exact) mass is 527 g/mol. The number of hydrogen-bond acceptors (Lipinski definition) is 7. The third-order valence-electron chi connectivity index (χ3n) is 6.92. The number of amides is 2. The summed E-state index contributed by atoms with van der Waals surface area (Å²) < 4.78 is 27.5. The minimum atomic E-state index is -3.78. The van der Waals surface area contributed by atoms with Crippen molar-refractivity contribution >= 4 is 33.3 Å². The van der Waals surface area contributed by atoms with Crippen LogP contribution in [0.2, 0.25) is 0 Å². The van der Waals surface area contributed by atoms with Crippen molar-refractivity contribution in [2.75, 3.05) is 32.1 Å². The van der Waals surface area contributed by atoms with Gasteiger partial charge in [0.15, 0.2) is 5.78 Å². The number of likely N-dealkylation sites (tertiary alicyclic amines) is 1. The summed E-state index contributed by atoms with van der Waals surface area (Å²) in [6, 6.07) is 8.15. The summed E-state index contributed by atoms with van der Waals surface area (Å²) in [7, 11) is 0.0301. The van der Waals surface area contributed by atoms with Crippen molar-refractivity contribution in [1.29, 1.82) is 0 Å². The number of fused-ring (bicyclic) bond motifs is 1. The Labute approximate surface area is 217 Å². The first-order valence-corrected chi connectivity index (χ1v) is 14.0. The highest BCUT2D eigenvalue weighted by molar-refractivity contribution is 7.88. The van der Waals surface area contributed by atoms with E-state index >= 15 is 0 Å². The number of ketones is 1. The fraction of sp³-hybridized carbons (Fsp3) is 0.462. The van der Waals surface area contributed by atoms with E-state index in [0.717, 1.165) is 5.69 Å². The van der Waals surface area contributed by atoms with E-state index in [0.29, 0.717) is 30.4 Å². The average molecular weight is 528 g/mol. The van der Waals surface area contributed by atoms with Gasteiger partial charge in [0.2, 0.25) is 15.9 Å². The summed E-state index contributed by atoms with van der Waals surface area (Å²) in [5, 5.41) is 2.83. The van der Waals surface area contributed by atoms with Crippen LogP contribution in [0.1, 0.15) is 42.1 Å². The maximum atomic E-state index is 13.6. The number of sulfonamides is 1. The third kappa shape index (κ3) is 5.67. The Morgan fingerprint density at radius 3 is 2.54 bits per heavy atom. The minimum absolute atomic E-state index is 0.256. The second-order valence-electron chi connectivity index (χ2n) is 9.72. The van der Waals surface area contributed by atoms with Gasteiger partial charge in [0, 0.05) is 44.3 Å². The number of hydrogen-bond donors (Lipinski definition) is 1. The van der Waals surface area contributed by atoms with Gasteiger partial charge in [-0.25, -0.2) is 8.42 Å². The fourth-order valence-electron chi connectivity index (χ4n) is 5.06. The van der Waals surface area contributed by atoms with E-state index in [9.17, 15) is 22.8 Å². The van der Waals surface area contributed by atoms with Crippen LogP contribution >= 0.6 is 0 Å². The predicted octanol–water partition coefficient (Wildman–Crippen LogP) is 1.43. The molecule has 10 nitrogen and oxygen atoms in total. The lowest BCUT2D eigenvalue weighted by atomic mass is 10.1. The first kappa shape index (κ1) is 26.7. The zero-order valence-electron chi connectivity index (χ0n) is 21.3. The summed E-state index contributed by atoms with van der Waals surface area (Å²) in [6.45, 7) is 1.91. The normalized spacial score (nSPS) is 20.5. The van der Waals surface area contributed by atoms with Crippen molar-refractivity contribution in [2.45, 2.75) is 50.1 Å². The molecule has 0 aliphatic carbocycles. The van der Waals surface area contributed by atoms with Crippen molar-refractivity contribution in [3.63, 3.8) is 0 Å². The molecule has 198 valence electrons. The number of aromatic nitrogens is 1. The number of nitrogens with zero attached hydrogens (tertiary/aromatic N) is 4. The highest BCUT2D eigenvalue weighted by Gasteiger charge is 2.54. The van der Waals surface area contributed by atoms with E-state index in [1.54, 1.807) is 30.5 Å². The molecule has 2 saturated heterocycles. The molecule has 0 bridgehead atoms. The van der Waals surface area contributed by atoms with Gasteiger partial charge in [-0.15, -0.1) is 0 Å². The van der Waals surface area contributed by atoms with Gasteiger partial charge >= 0.3 is 0 Å². The summed E-state index contributed by atoms with van der Waals surface area (Å²) in [5.41, 5.74) is 1.92. The van der Waals surface area contributed by atoms with Gasteiger partial charge in [-0.05, 0) is 48.7 Å². The molecule has 2 aromatic rings. The van der Waals surface area contributed by atoms with Gasteiger partial charge in [-0.3, -0.25) is 19.4 Å². The minimum Gasteiger partial charge on any atom is -0.378 e. The van der Waals surface area contributed by atoms with Crippen LogP contribution in [-0.4, -0.2) is 85.5 Å². The second-order valence-corrected chi connectivity index (χ2v) is 11.6. The number of Topliss-reactive ketones (excluding diaryl/α,β-unsaturated/α-hetero) is 1. The number of anilines is 1. The van der Waals surface area contributed by atoms with Crippen LogP contribution in [0.25, 0.3) is 0 Å². The molecule has 11 heteroatoms. The summed E-state index contributed by atoms with van der Waals surface area (Å²) in [5.74, 6) is -1.28. The standard InChI is InChI=1S/C26H33N5O5S/c1-4-6-21(28-25(33)19-8-10-20(11-9-19)29(2)3)26(34)30-14-12-22-24(30)23(32)16-31(22)37(35,36)17-18-7-5-13-27-15-18/h5,7-11,13,15,21-22,24H,4,6,12,14,16-17H2,1-3H3,(H,28,33). The molecule has 0 radical (unpaired) electrons. The van der Waals surface area contributed by atoms with Crippen molar-refractivity contribution < 1.29 is 22.8 Å². The Kier molecular flexibility index (Phi) is 7.93. The molecule has 2 fully saturated rings. The van der Waals surface area contributed by atoms with Crippen molar-refractivity contribution in [3.05, 3.63) is 59.9 Å². The molecule has 1 aromatic heterocycles. The molecule has 2 aliphatic rings. The van der Waals surface area contributed by atoms with E-state index in [1.807, 2.05) is 38.1 Å². The maximum absolute atomic E-state index is 13.6. The third-order valence-corrected chi connectivity index (χ3v) is 8.73. The van der Waals surface area contributed by atoms with Crippen molar-refractivity contribution in [1.82, 2.24) is 19.5 Å². The summed E-state index contributed by atoms with van der Waals surface area (Å²) >= 11 is 0. The zero-order valence-corrected chi connectivity index (χ0v) is 22.1. The molecule has 3 unspecified atom stereocenters. The Balaban J connectivity index is 1.47. The molecular weight excluding hydrogens is 494 g/mol. The SMILES string of the molecule is CCCC(NC(=O)c1ccc(N(C)C)cc1)C(=O)N1CCC2C1C(=O)CN2S(=O)(=O)Cc1cccnc1. The van der Waals surface area contributed by atoms with E-state index in [2.05, 4.69) is 10.3 Å². The summed E-state index contributed by atoms with van der Waals surface area (Å²) in [4.78, 5) is 46.8. The molecule has 4 rings (SSSR count). The van der Waals surface area contributed by atoms with Crippen LogP contribution in [0.4, 0.5) is 5.69 Å². The topological polar surface area (TPSA) is 120 Å². The van der Waals surface area contributed by atoms with E-state index in [1.165, 1.54) is 15.4 Å². The smallest absolute Gasteiger partial charge is 0.251 e. The van der Waals surface area contributed by atoms with E-state index in [4.69, 9.17) is 0 Å². The summed E-state index contributed by atoms with van der Waals surface area (Å²) in [6.07, 6.45) is 4.48. The van der Waals surface area contributed by atoms with Gasteiger partial charge in [0.05, 0.1) is 18.3 Å². The van der Waals surface area contributed by atoms with Crippen LogP contribution in [0.5, 0.6) is 0 Å². The lowest BCUT2D eigenvalue weighted by Gasteiger charge is -2.28. The molecular formula is C26H33N5O5S. The number of rotatable bonds is 9. The highest BCUT2D eigenvalue weighted by atomic mass is 32.2. The quantitative estimate of drug-likeness (QED) is 0.524. The van der Waals surface area contributed by atoms with Gasteiger partial charge in [0.1, 0.15) is 12.1 Å². The Hall–Kier alpha value is -3.31. The van der Waals surface area contributed by atoms with Gasteiger partial charge in [0.25, 0.3) is 5.91 Å². The van der Waals surface area contributed by atoms with Crippen LogP contribution in [0, 0.1) is 0 Å². The Bertz CT molecular complexity index is 1250. The molecule has 3 heterocycles.